The van der Waals surface area contributed by atoms with Crippen molar-refractivity contribution in [3.05, 3.63) is 35.4 Å². The van der Waals surface area contributed by atoms with Crippen molar-refractivity contribution in [2.45, 2.75) is 26.2 Å². The fourth-order valence-electron chi connectivity index (χ4n) is 2.05. The lowest BCUT2D eigenvalue weighted by molar-refractivity contribution is 0.0898. The minimum atomic E-state index is 0.273. The lowest BCUT2D eigenvalue weighted by Gasteiger charge is -2.21. The van der Waals surface area contributed by atoms with Gasteiger partial charge in [-0.25, -0.2) is 0 Å². The summed E-state index contributed by atoms with van der Waals surface area (Å²) in [5, 5.41) is 0. The van der Waals surface area contributed by atoms with Crippen LogP contribution in [0.5, 0.6) is 0 Å². The van der Waals surface area contributed by atoms with Crippen molar-refractivity contribution in [2.75, 3.05) is 0 Å². The quantitative estimate of drug-likeness (QED) is 0.639. The van der Waals surface area contributed by atoms with Gasteiger partial charge >= 0.3 is 0 Å². The van der Waals surface area contributed by atoms with E-state index in [0.717, 1.165) is 24.8 Å². The molecule has 0 radical (unpaired) electrons. The molecular formula is C12H14O. The Labute approximate surface area is 78.8 Å². The van der Waals surface area contributed by atoms with Crippen LogP contribution in [0, 0.1) is 5.92 Å². The molecule has 1 aliphatic carbocycles. The van der Waals surface area contributed by atoms with Gasteiger partial charge < -0.3 is 0 Å². The maximum Gasteiger partial charge on any atom is 0.166 e. The van der Waals surface area contributed by atoms with Gasteiger partial charge in [-0.1, -0.05) is 31.2 Å². The molecule has 0 spiro atoms. The Morgan fingerprint density at radius 1 is 1.38 bits per heavy atom. The summed E-state index contributed by atoms with van der Waals surface area (Å²) in [7, 11) is 0. The van der Waals surface area contributed by atoms with Gasteiger partial charge in [0.15, 0.2) is 5.78 Å². The second kappa shape index (κ2) is 3.33. The van der Waals surface area contributed by atoms with Crippen LogP contribution in [-0.4, -0.2) is 5.78 Å². The molecule has 0 saturated heterocycles. The average molecular weight is 174 g/mol. The number of aryl methyl sites for hydroxylation is 1. The Bertz CT molecular complexity index is 328. The number of carbonyl (C=O) groups is 1. The second-order valence-corrected chi connectivity index (χ2v) is 3.67. The fourth-order valence-corrected chi connectivity index (χ4v) is 2.05. The first-order valence-electron chi connectivity index (χ1n) is 4.95. The van der Waals surface area contributed by atoms with E-state index in [9.17, 15) is 4.79 Å². The predicted molar refractivity (Wildman–Crippen MR) is 52.9 cm³/mol. The van der Waals surface area contributed by atoms with E-state index in [0.29, 0.717) is 5.78 Å². The molecule has 0 amide bonds. The van der Waals surface area contributed by atoms with Crippen LogP contribution in [0.4, 0.5) is 0 Å². The van der Waals surface area contributed by atoms with Crippen LogP contribution in [-0.2, 0) is 6.42 Å². The number of ketones is 1. The van der Waals surface area contributed by atoms with Crippen LogP contribution in [0.25, 0.3) is 0 Å². The van der Waals surface area contributed by atoms with Gasteiger partial charge in [0.25, 0.3) is 0 Å². The molecule has 0 bridgehead atoms. The van der Waals surface area contributed by atoms with E-state index < -0.39 is 0 Å². The Hall–Kier alpha value is -1.11. The molecule has 1 nitrogen and oxygen atoms in total. The molecule has 1 atom stereocenters. The zero-order valence-corrected chi connectivity index (χ0v) is 7.92. The first-order valence-corrected chi connectivity index (χ1v) is 4.95. The number of Topliss-reactive ketones (excluding diaryl/α,β-unsaturated/α-hetero) is 1. The zero-order chi connectivity index (χ0) is 9.26. The molecule has 1 aromatic carbocycles. The molecule has 0 aliphatic heterocycles. The topological polar surface area (TPSA) is 17.1 Å². The Kier molecular flexibility index (Phi) is 2.17. The summed E-state index contributed by atoms with van der Waals surface area (Å²) in [5.74, 6) is 0.624. The summed E-state index contributed by atoms with van der Waals surface area (Å²) in [6.45, 7) is 2.09. The first kappa shape index (κ1) is 8.49. The maximum atomic E-state index is 11.8. The van der Waals surface area contributed by atoms with Gasteiger partial charge in [0.2, 0.25) is 0 Å². The lowest BCUT2D eigenvalue weighted by Crippen LogP contribution is -2.21. The van der Waals surface area contributed by atoms with Crippen LogP contribution in [0.3, 0.4) is 0 Å². The van der Waals surface area contributed by atoms with Crippen LogP contribution in [0.2, 0.25) is 0 Å². The van der Waals surface area contributed by atoms with E-state index in [1.165, 1.54) is 5.56 Å². The lowest BCUT2D eigenvalue weighted by atomic mass is 9.81. The van der Waals surface area contributed by atoms with Gasteiger partial charge in [0.05, 0.1) is 0 Å². The summed E-state index contributed by atoms with van der Waals surface area (Å²) in [6.07, 6.45) is 3.08. The molecule has 68 valence electrons. The molecule has 13 heavy (non-hydrogen) atoms. The number of hydrogen-bond donors (Lipinski definition) is 0. The number of rotatable bonds is 1. The molecule has 0 unspecified atom stereocenters. The number of benzene rings is 1. The molecule has 0 N–H and O–H groups in total. The van der Waals surface area contributed by atoms with Crippen molar-refractivity contribution < 1.29 is 4.79 Å². The van der Waals surface area contributed by atoms with Crippen molar-refractivity contribution in [3.63, 3.8) is 0 Å². The summed E-state index contributed by atoms with van der Waals surface area (Å²) < 4.78 is 0. The molecule has 2 rings (SSSR count). The molecule has 0 fully saturated rings. The number of fused-ring (bicyclic) bond motifs is 1. The van der Waals surface area contributed by atoms with Gasteiger partial charge in [0.1, 0.15) is 0 Å². The number of hydrogen-bond acceptors (Lipinski definition) is 1. The van der Waals surface area contributed by atoms with Gasteiger partial charge in [-0.3, -0.25) is 4.79 Å². The van der Waals surface area contributed by atoms with Crippen LogP contribution in [0.1, 0.15) is 35.7 Å². The van der Waals surface area contributed by atoms with Crippen LogP contribution in [0.15, 0.2) is 24.3 Å². The highest BCUT2D eigenvalue weighted by atomic mass is 16.1. The summed E-state index contributed by atoms with van der Waals surface area (Å²) in [4.78, 5) is 11.8. The molecule has 1 aliphatic rings. The molecule has 0 heterocycles. The molecule has 0 saturated carbocycles. The number of carbonyl (C=O) groups excluding carboxylic acids is 1. The van der Waals surface area contributed by atoms with Gasteiger partial charge in [-0.05, 0) is 24.8 Å². The zero-order valence-electron chi connectivity index (χ0n) is 7.92. The van der Waals surface area contributed by atoms with E-state index in [2.05, 4.69) is 13.0 Å². The van der Waals surface area contributed by atoms with Crippen molar-refractivity contribution in [2.24, 2.45) is 5.92 Å². The van der Waals surface area contributed by atoms with Gasteiger partial charge in [-0.2, -0.15) is 0 Å². The van der Waals surface area contributed by atoms with Crippen molar-refractivity contribution in [1.29, 1.82) is 0 Å². The largest absolute Gasteiger partial charge is 0.294 e. The summed E-state index contributed by atoms with van der Waals surface area (Å²) in [6, 6.07) is 7.99. The van der Waals surface area contributed by atoms with Crippen LogP contribution < -0.4 is 0 Å². The van der Waals surface area contributed by atoms with E-state index in [1.54, 1.807) is 0 Å². The van der Waals surface area contributed by atoms with Gasteiger partial charge in [-0.15, -0.1) is 0 Å². The van der Waals surface area contributed by atoms with E-state index in [1.807, 2.05) is 18.2 Å². The SMILES string of the molecule is CC[C@H]1CCc2ccccc2C1=O. The van der Waals surface area contributed by atoms with Crippen molar-refractivity contribution in [3.8, 4) is 0 Å². The molecule has 1 aromatic rings. The Morgan fingerprint density at radius 3 is 2.92 bits per heavy atom. The summed E-state index contributed by atoms with van der Waals surface area (Å²) >= 11 is 0. The van der Waals surface area contributed by atoms with E-state index >= 15 is 0 Å². The molecular weight excluding hydrogens is 160 g/mol. The highest BCUT2D eigenvalue weighted by Gasteiger charge is 2.24. The minimum Gasteiger partial charge on any atom is -0.294 e. The third-order valence-corrected chi connectivity index (χ3v) is 2.91. The van der Waals surface area contributed by atoms with E-state index in [4.69, 9.17) is 0 Å². The summed E-state index contributed by atoms with van der Waals surface area (Å²) in [5.41, 5.74) is 2.19. The molecule has 0 aromatic heterocycles. The first-order chi connectivity index (χ1) is 6.33. The van der Waals surface area contributed by atoms with Gasteiger partial charge in [0, 0.05) is 11.5 Å². The smallest absolute Gasteiger partial charge is 0.166 e. The Morgan fingerprint density at radius 2 is 2.15 bits per heavy atom. The minimum absolute atomic E-state index is 0.273. The average Bonchev–Trinajstić information content (AvgIpc) is 2.19. The standard InChI is InChI=1S/C12H14O/c1-2-9-7-8-10-5-3-4-6-11(10)12(9)13/h3-6,9H,2,7-8H2,1H3/t9-/m0/s1. The third kappa shape index (κ3) is 1.39. The Balaban J connectivity index is 2.39. The third-order valence-electron chi connectivity index (χ3n) is 2.91. The fraction of sp³-hybridized carbons (Fsp3) is 0.417. The highest BCUT2D eigenvalue weighted by molar-refractivity contribution is 6.00. The normalized spacial score (nSPS) is 21.3. The second-order valence-electron chi connectivity index (χ2n) is 3.67. The monoisotopic (exact) mass is 174 g/mol. The highest BCUT2D eigenvalue weighted by Crippen LogP contribution is 2.26. The molecule has 1 heteroatoms. The van der Waals surface area contributed by atoms with Crippen LogP contribution >= 0.6 is 0 Å². The van der Waals surface area contributed by atoms with Crippen molar-refractivity contribution in [1.82, 2.24) is 0 Å². The van der Waals surface area contributed by atoms with Crippen molar-refractivity contribution >= 4 is 5.78 Å². The van der Waals surface area contributed by atoms with E-state index in [-0.39, 0.29) is 5.92 Å². The maximum absolute atomic E-state index is 11.8. The predicted octanol–water partition coefficient (Wildman–Crippen LogP) is 2.84.